The van der Waals surface area contributed by atoms with Crippen LogP contribution < -0.4 is 5.32 Å². The van der Waals surface area contributed by atoms with Crippen LogP contribution in [0.15, 0.2) is 23.2 Å². The van der Waals surface area contributed by atoms with E-state index in [1.165, 1.54) is 16.6 Å². The molecule has 1 N–H and O–H groups in total. The number of sulfone groups is 1. The van der Waals surface area contributed by atoms with Gasteiger partial charge in [-0.15, -0.1) is 0 Å². The van der Waals surface area contributed by atoms with Crippen LogP contribution in [0.1, 0.15) is 6.42 Å². The van der Waals surface area contributed by atoms with Crippen LogP contribution in [-0.4, -0.2) is 57.8 Å². The fourth-order valence-electron chi connectivity index (χ4n) is 1.99. The van der Waals surface area contributed by atoms with Gasteiger partial charge >= 0.3 is 0 Å². The molecule has 0 aliphatic carbocycles. The zero-order chi connectivity index (χ0) is 14.8. The predicted molar refractivity (Wildman–Crippen MR) is 75.8 cm³/mol. The Morgan fingerprint density at radius 3 is 2.60 bits per heavy atom. The number of hydrogen-bond donors (Lipinski definition) is 1. The zero-order valence-electron chi connectivity index (χ0n) is 11.1. The van der Waals surface area contributed by atoms with E-state index in [0.717, 1.165) is 0 Å². The van der Waals surface area contributed by atoms with Gasteiger partial charge < -0.3 is 5.32 Å². The maximum atomic E-state index is 12.4. The van der Waals surface area contributed by atoms with Crippen molar-refractivity contribution in [2.75, 3.05) is 37.0 Å². The molecule has 1 saturated heterocycles. The van der Waals surface area contributed by atoms with Crippen molar-refractivity contribution in [3.63, 3.8) is 0 Å². The molecule has 0 aromatic carbocycles. The van der Waals surface area contributed by atoms with Gasteiger partial charge in [-0.2, -0.15) is 4.31 Å². The van der Waals surface area contributed by atoms with Gasteiger partial charge in [0.05, 0.1) is 11.5 Å². The Labute approximate surface area is 119 Å². The summed E-state index contributed by atoms with van der Waals surface area (Å²) in [7, 11) is -5.13. The summed E-state index contributed by atoms with van der Waals surface area (Å²) in [5, 5.41) is 2.81. The highest BCUT2D eigenvalue weighted by atomic mass is 32.2. The van der Waals surface area contributed by atoms with Crippen molar-refractivity contribution in [3.8, 4) is 0 Å². The van der Waals surface area contributed by atoms with E-state index >= 15 is 0 Å². The SMILES string of the molecule is CNc1ccc(S(=O)(=O)N2CCCS(=O)(=O)CC2)cn1. The van der Waals surface area contributed by atoms with Crippen molar-refractivity contribution in [1.82, 2.24) is 9.29 Å². The summed E-state index contributed by atoms with van der Waals surface area (Å²) in [6.45, 7) is 0.216. The molecule has 1 fully saturated rings. The minimum absolute atomic E-state index is 0.00154. The van der Waals surface area contributed by atoms with Gasteiger partial charge in [-0.25, -0.2) is 21.8 Å². The van der Waals surface area contributed by atoms with E-state index in [1.54, 1.807) is 13.1 Å². The van der Waals surface area contributed by atoms with Crippen molar-refractivity contribution in [3.05, 3.63) is 18.3 Å². The Balaban J connectivity index is 2.25. The smallest absolute Gasteiger partial charge is 0.244 e. The summed E-state index contributed by atoms with van der Waals surface area (Å²) < 4.78 is 49.1. The van der Waals surface area contributed by atoms with Crippen LogP contribution >= 0.6 is 0 Å². The summed E-state index contributed by atoms with van der Waals surface area (Å²) in [5.41, 5.74) is 0. The highest BCUT2D eigenvalue weighted by Gasteiger charge is 2.29. The second-order valence-electron chi connectivity index (χ2n) is 4.54. The molecule has 0 radical (unpaired) electrons. The van der Waals surface area contributed by atoms with E-state index in [2.05, 4.69) is 10.3 Å². The molecule has 0 bridgehead atoms. The van der Waals surface area contributed by atoms with Gasteiger partial charge in [-0.3, -0.25) is 0 Å². The monoisotopic (exact) mass is 319 g/mol. The molecule has 2 heterocycles. The van der Waals surface area contributed by atoms with Crippen LogP contribution in [0.25, 0.3) is 0 Å². The van der Waals surface area contributed by atoms with E-state index in [0.29, 0.717) is 12.2 Å². The summed E-state index contributed by atoms with van der Waals surface area (Å²) in [5.74, 6) is 0.479. The number of sulfonamides is 1. The normalized spacial score (nSPS) is 20.2. The second-order valence-corrected chi connectivity index (χ2v) is 8.78. The Hall–Kier alpha value is -1.19. The van der Waals surface area contributed by atoms with Crippen LogP contribution in [0, 0.1) is 0 Å². The first kappa shape index (κ1) is 15.2. The number of nitrogens with one attached hydrogen (secondary N) is 1. The minimum Gasteiger partial charge on any atom is -0.373 e. The highest BCUT2D eigenvalue weighted by Crippen LogP contribution is 2.18. The van der Waals surface area contributed by atoms with Crippen LogP contribution in [-0.2, 0) is 19.9 Å². The molecule has 0 saturated carbocycles. The Morgan fingerprint density at radius 1 is 1.25 bits per heavy atom. The molecule has 0 spiro atoms. The van der Waals surface area contributed by atoms with Gasteiger partial charge in [0.2, 0.25) is 10.0 Å². The average molecular weight is 319 g/mol. The molecule has 1 aromatic rings. The lowest BCUT2D eigenvalue weighted by Crippen LogP contribution is -2.33. The van der Waals surface area contributed by atoms with Crippen LogP contribution in [0.3, 0.4) is 0 Å². The third kappa shape index (κ3) is 3.28. The molecule has 9 heteroatoms. The third-order valence-corrected chi connectivity index (χ3v) is 6.74. The van der Waals surface area contributed by atoms with Crippen molar-refractivity contribution >= 4 is 25.7 Å². The molecule has 2 rings (SSSR count). The maximum Gasteiger partial charge on any atom is 0.244 e. The first-order valence-corrected chi connectivity index (χ1v) is 9.46. The molecule has 7 nitrogen and oxygen atoms in total. The molecule has 0 amide bonds. The first-order valence-electron chi connectivity index (χ1n) is 6.19. The van der Waals surface area contributed by atoms with E-state index < -0.39 is 19.9 Å². The van der Waals surface area contributed by atoms with Crippen molar-refractivity contribution in [1.29, 1.82) is 0 Å². The minimum atomic E-state index is -3.68. The highest BCUT2D eigenvalue weighted by molar-refractivity contribution is 7.91. The van der Waals surface area contributed by atoms with Gasteiger partial charge in [0.15, 0.2) is 9.84 Å². The summed E-state index contributed by atoms with van der Waals surface area (Å²) >= 11 is 0. The second kappa shape index (κ2) is 5.66. The van der Waals surface area contributed by atoms with Crippen LogP contribution in [0.2, 0.25) is 0 Å². The molecule has 0 atom stereocenters. The van der Waals surface area contributed by atoms with E-state index in [1.807, 2.05) is 0 Å². The van der Waals surface area contributed by atoms with E-state index in [-0.39, 0.29) is 29.5 Å². The molecule has 20 heavy (non-hydrogen) atoms. The number of anilines is 1. The summed E-state index contributed by atoms with van der Waals surface area (Å²) in [6, 6.07) is 3.04. The lowest BCUT2D eigenvalue weighted by molar-refractivity contribution is 0.434. The maximum absolute atomic E-state index is 12.4. The average Bonchev–Trinajstić information content (AvgIpc) is 2.60. The van der Waals surface area contributed by atoms with Crippen LogP contribution in [0.4, 0.5) is 5.82 Å². The zero-order valence-corrected chi connectivity index (χ0v) is 12.7. The van der Waals surface area contributed by atoms with Gasteiger partial charge in [-0.05, 0) is 18.6 Å². The largest absolute Gasteiger partial charge is 0.373 e. The molecule has 1 aliphatic rings. The molecule has 1 aromatic heterocycles. The third-order valence-electron chi connectivity index (χ3n) is 3.14. The molecule has 1 aliphatic heterocycles. The van der Waals surface area contributed by atoms with E-state index in [4.69, 9.17) is 0 Å². The lowest BCUT2D eigenvalue weighted by Gasteiger charge is -2.19. The van der Waals surface area contributed by atoms with Gasteiger partial charge in [-0.1, -0.05) is 0 Å². The predicted octanol–water partition coefficient (Wildman–Crippen LogP) is -0.0675. The number of aromatic nitrogens is 1. The van der Waals surface area contributed by atoms with Crippen molar-refractivity contribution in [2.45, 2.75) is 11.3 Å². The number of rotatable bonds is 3. The molecule has 112 valence electrons. The first-order chi connectivity index (χ1) is 9.35. The fraction of sp³-hybridized carbons (Fsp3) is 0.545. The Kier molecular flexibility index (Phi) is 4.31. The quantitative estimate of drug-likeness (QED) is 0.838. The lowest BCUT2D eigenvalue weighted by atomic mass is 10.5. The number of hydrogen-bond acceptors (Lipinski definition) is 6. The van der Waals surface area contributed by atoms with Crippen molar-refractivity contribution < 1.29 is 16.8 Å². The molecular formula is C11H17N3O4S2. The van der Waals surface area contributed by atoms with Gasteiger partial charge in [0.25, 0.3) is 0 Å². The Bertz CT molecular complexity index is 668. The topological polar surface area (TPSA) is 96.4 Å². The number of nitrogens with zero attached hydrogens (tertiary/aromatic N) is 2. The van der Waals surface area contributed by atoms with Crippen LogP contribution in [0.5, 0.6) is 0 Å². The van der Waals surface area contributed by atoms with Gasteiger partial charge in [0, 0.05) is 26.3 Å². The molecule has 0 unspecified atom stereocenters. The molecular weight excluding hydrogens is 302 g/mol. The standard InChI is InChI=1S/C11H17N3O4S2/c1-12-11-4-3-10(9-13-11)20(17,18)14-5-2-7-19(15,16)8-6-14/h3-4,9H,2,5-8H2,1H3,(H,12,13). The van der Waals surface area contributed by atoms with Crippen molar-refractivity contribution in [2.24, 2.45) is 0 Å². The summed E-state index contributed by atoms with van der Waals surface area (Å²) in [6.07, 6.45) is 1.60. The van der Waals surface area contributed by atoms with Gasteiger partial charge in [0.1, 0.15) is 10.7 Å². The van der Waals surface area contributed by atoms with E-state index in [9.17, 15) is 16.8 Å². The summed E-state index contributed by atoms with van der Waals surface area (Å²) in [4.78, 5) is 4.05. The fourth-order valence-corrected chi connectivity index (χ4v) is 4.80. The number of pyridine rings is 1. The Morgan fingerprint density at radius 2 is 2.00 bits per heavy atom.